The first-order valence-corrected chi connectivity index (χ1v) is 19.7. The molecular formula is C37H48Cl2N6O7S. The molecule has 3 N–H and O–H groups in total. The Balaban J connectivity index is 1.68. The van der Waals surface area contributed by atoms with E-state index in [2.05, 4.69) is 16.0 Å². The number of sulfonamides is 1. The Morgan fingerprint density at radius 3 is 1.87 bits per heavy atom. The molecule has 53 heavy (non-hydrogen) atoms. The highest BCUT2D eigenvalue weighted by Crippen LogP contribution is 2.45. The highest BCUT2D eigenvalue weighted by atomic mass is 35.5. The molecule has 16 heteroatoms. The van der Waals surface area contributed by atoms with E-state index in [0.29, 0.717) is 47.5 Å². The molecule has 0 aromatic heterocycles. The molecule has 0 radical (unpaired) electrons. The van der Waals surface area contributed by atoms with Crippen molar-refractivity contribution < 1.29 is 32.2 Å². The number of benzene rings is 3. The Bertz CT molecular complexity index is 1750. The Hall–Kier alpha value is -3.31. The summed E-state index contributed by atoms with van der Waals surface area (Å²) >= 11 is 12.6. The lowest BCUT2D eigenvalue weighted by Crippen LogP contribution is -2.62. The summed E-state index contributed by atoms with van der Waals surface area (Å²) in [5, 5.41) is 11.1. The number of piperazine rings is 1. The van der Waals surface area contributed by atoms with Crippen LogP contribution < -0.4 is 20.7 Å². The summed E-state index contributed by atoms with van der Waals surface area (Å²) in [7, 11) is 0.507. The van der Waals surface area contributed by atoms with Gasteiger partial charge in [-0.1, -0.05) is 47.5 Å². The van der Waals surface area contributed by atoms with Crippen molar-refractivity contribution in [3.63, 3.8) is 0 Å². The third kappa shape index (κ3) is 9.32. The van der Waals surface area contributed by atoms with Crippen LogP contribution in [-0.4, -0.2) is 121 Å². The van der Waals surface area contributed by atoms with E-state index in [-0.39, 0.29) is 56.2 Å². The molecular weight excluding hydrogens is 743 g/mol. The van der Waals surface area contributed by atoms with Gasteiger partial charge >= 0.3 is 0 Å². The summed E-state index contributed by atoms with van der Waals surface area (Å²) < 4.78 is 46.6. The SMILES string of the molecule is CCOc1ccc(S(=O)(=O)N(CCOC)CCOC)cc1C1(C(=O)N2CCN(CC(=O)NC)CC2)NC(c2ccc(Cl)cc2)C(c2ccc(Cl)cc2)N1. The minimum Gasteiger partial charge on any atom is -0.493 e. The predicted octanol–water partition coefficient (Wildman–Crippen LogP) is 3.39. The van der Waals surface area contributed by atoms with Gasteiger partial charge in [0.25, 0.3) is 5.91 Å². The molecule has 2 fully saturated rings. The van der Waals surface area contributed by atoms with Gasteiger partial charge in [0.15, 0.2) is 5.66 Å². The van der Waals surface area contributed by atoms with Crippen molar-refractivity contribution in [1.29, 1.82) is 0 Å². The Kier molecular flexibility index (Phi) is 14.1. The molecule has 2 heterocycles. The van der Waals surface area contributed by atoms with E-state index in [4.69, 9.17) is 37.4 Å². The van der Waals surface area contributed by atoms with Crippen LogP contribution >= 0.6 is 23.2 Å². The number of nitrogens with one attached hydrogen (secondary N) is 3. The van der Waals surface area contributed by atoms with Crippen molar-refractivity contribution in [2.24, 2.45) is 0 Å². The molecule has 3 aromatic rings. The van der Waals surface area contributed by atoms with Crippen LogP contribution in [0, 0.1) is 0 Å². The molecule has 3 aromatic carbocycles. The quantitative estimate of drug-likeness (QED) is 0.198. The molecule has 2 aliphatic rings. The average molecular weight is 792 g/mol. The summed E-state index contributed by atoms with van der Waals surface area (Å²) in [6.07, 6.45) is 0. The van der Waals surface area contributed by atoms with E-state index >= 15 is 4.79 Å². The van der Waals surface area contributed by atoms with Crippen molar-refractivity contribution >= 4 is 45.0 Å². The molecule has 13 nitrogen and oxygen atoms in total. The number of hydrogen-bond donors (Lipinski definition) is 3. The monoisotopic (exact) mass is 790 g/mol. The van der Waals surface area contributed by atoms with Gasteiger partial charge in [-0.05, 0) is 60.5 Å². The largest absolute Gasteiger partial charge is 0.493 e. The molecule has 288 valence electrons. The maximum absolute atomic E-state index is 15.3. The fourth-order valence-electron chi connectivity index (χ4n) is 6.72. The summed E-state index contributed by atoms with van der Waals surface area (Å²) in [6.45, 7) is 4.47. The van der Waals surface area contributed by atoms with Gasteiger partial charge in [0.2, 0.25) is 15.9 Å². The summed E-state index contributed by atoms with van der Waals surface area (Å²) in [6, 6.07) is 18.4. The van der Waals surface area contributed by atoms with Gasteiger partial charge in [-0.3, -0.25) is 25.1 Å². The summed E-state index contributed by atoms with van der Waals surface area (Å²) in [4.78, 5) is 31.2. The van der Waals surface area contributed by atoms with E-state index in [1.54, 1.807) is 42.3 Å². The van der Waals surface area contributed by atoms with E-state index < -0.39 is 27.8 Å². The second-order valence-corrected chi connectivity index (χ2v) is 15.6. The number of methoxy groups -OCH3 is 2. The van der Waals surface area contributed by atoms with E-state index in [1.165, 1.54) is 30.7 Å². The lowest BCUT2D eigenvalue weighted by Gasteiger charge is -2.40. The van der Waals surface area contributed by atoms with Gasteiger partial charge in [0.05, 0.1) is 43.3 Å². The third-order valence-corrected chi connectivity index (χ3v) is 11.9. The topological polar surface area (TPSA) is 142 Å². The normalized spacial score (nSPS) is 20.8. The number of hydrogen-bond acceptors (Lipinski definition) is 10. The predicted molar refractivity (Wildman–Crippen MR) is 204 cm³/mol. The highest BCUT2D eigenvalue weighted by Gasteiger charge is 2.55. The van der Waals surface area contributed by atoms with Gasteiger partial charge < -0.3 is 24.4 Å². The number of carbonyl (C=O) groups excluding carboxylic acids is 2. The summed E-state index contributed by atoms with van der Waals surface area (Å²) in [5.41, 5.74) is 0.322. The number of amides is 2. The van der Waals surface area contributed by atoms with Crippen LogP contribution in [0.4, 0.5) is 0 Å². The third-order valence-electron chi connectivity index (χ3n) is 9.54. The number of ether oxygens (including phenoxy) is 3. The molecule has 5 rings (SSSR count). The number of halogens is 2. The van der Waals surface area contributed by atoms with Crippen molar-refractivity contribution in [2.45, 2.75) is 29.6 Å². The second kappa shape index (κ2) is 18.3. The van der Waals surface area contributed by atoms with Crippen LogP contribution in [0.25, 0.3) is 0 Å². The fourth-order valence-corrected chi connectivity index (χ4v) is 8.41. The van der Waals surface area contributed by atoms with Crippen LogP contribution in [0.2, 0.25) is 10.0 Å². The highest BCUT2D eigenvalue weighted by molar-refractivity contribution is 7.89. The molecule has 2 atom stereocenters. The number of nitrogens with zero attached hydrogens (tertiary/aromatic N) is 3. The van der Waals surface area contributed by atoms with Crippen molar-refractivity contribution in [3.8, 4) is 5.75 Å². The zero-order valence-corrected chi connectivity index (χ0v) is 32.8. The smallest absolute Gasteiger partial charge is 0.262 e. The minimum absolute atomic E-state index is 0.0210. The van der Waals surface area contributed by atoms with E-state index in [1.807, 2.05) is 36.1 Å². The number of likely N-dealkylation sites (N-methyl/N-ethyl adjacent to an activating group) is 1. The molecule has 0 aliphatic carbocycles. The van der Waals surface area contributed by atoms with Gasteiger partial charge in [0, 0.05) is 76.1 Å². The van der Waals surface area contributed by atoms with Crippen molar-refractivity contribution in [1.82, 2.24) is 30.1 Å². The van der Waals surface area contributed by atoms with Crippen LogP contribution in [0.5, 0.6) is 5.75 Å². The van der Waals surface area contributed by atoms with Gasteiger partial charge in [-0.2, -0.15) is 4.31 Å². The van der Waals surface area contributed by atoms with Crippen LogP contribution in [0.3, 0.4) is 0 Å². The fraction of sp³-hybridized carbons (Fsp3) is 0.459. The minimum atomic E-state index is -4.11. The lowest BCUT2D eigenvalue weighted by atomic mass is 9.95. The maximum Gasteiger partial charge on any atom is 0.262 e. The molecule has 0 bridgehead atoms. The molecule has 2 unspecified atom stereocenters. The van der Waals surface area contributed by atoms with Crippen molar-refractivity contribution in [3.05, 3.63) is 93.5 Å². The molecule has 0 saturated carbocycles. The number of rotatable bonds is 16. The van der Waals surface area contributed by atoms with Gasteiger partial charge in [0.1, 0.15) is 5.75 Å². The molecule has 0 spiro atoms. The van der Waals surface area contributed by atoms with Crippen LogP contribution in [0.1, 0.15) is 35.7 Å². The first-order valence-electron chi connectivity index (χ1n) is 17.5. The number of carbonyl (C=O) groups is 2. The van der Waals surface area contributed by atoms with Gasteiger partial charge in [-0.15, -0.1) is 0 Å². The molecule has 2 amide bonds. The Morgan fingerprint density at radius 1 is 0.868 bits per heavy atom. The zero-order valence-electron chi connectivity index (χ0n) is 30.4. The molecule has 2 aliphatic heterocycles. The second-order valence-electron chi connectivity index (χ2n) is 12.8. The molecule has 2 saturated heterocycles. The van der Waals surface area contributed by atoms with Crippen molar-refractivity contribution in [2.75, 3.05) is 86.9 Å². The van der Waals surface area contributed by atoms with Crippen LogP contribution in [-0.2, 0) is 34.7 Å². The maximum atomic E-state index is 15.3. The first kappa shape index (κ1) is 40.9. The van der Waals surface area contributed by atoms with E-state index in [9.17, 15) is 13.2 Å². The van der Waals surface area contributed by atoms with Crippen LogP contribution in [0.15, 0.2) is 71.6 Å². The zero-order chi connectivity index (χ0) is 38.2. The Morgan fingerprint density at radius 2 is 1.40 bits per heavy atom. The first-order chi connectivity index (χ1) is 25.5. The Labute approximate surface area is 321 Å². The summed E-state index contributed by atoms with van der Waals surface area (Å²) in [5.74, 6) is -0.0925. The standard InChI is InChI=1S/C37H48Cl2N6O7S/c1-5-52-32-15-14-30(53(48,49)45(20-22-50-3)21-23-51-4)24-31(32)37(36(47)44-18-16-43(17-19-44)25-33(46)40-2)41-34(26-6-10-28(38)11-7-26)35(42-37)27-8-12-29(39)13-9-27/h6-15,24,34-35,41-42H,5,16-23,25H2,1-4H3,(H,40,46). The average Bonchev–Trinajstić information content (AvgIpc) is 3.57. The van der Waals surface area contributed by atoms with Gasteiger partial charge in [-0.25, -0.2) is 8.42 Å². The van der Waals surface area contributed by atoms with E-state index in [0.717, 1.165) is 11.1 Å². The lowest BCUT2D eigenvalue weighted by molar-refractivity contribution is -0.141.